The lowest BCUT2D eigenvalue weighted by atomic mass is 9.45. The molecular weight excluding hydrogens is 744 g/mol. The van der Waals surface area contributed by atoms with Gasteiger partial charge in [0.05, 0.1) is 0 Å². The Balaban J connectivity index is 1.17. The Morgan fingerprint density at radius 2 is 1.14 bits per heavy atom. The molecule has 58 heavy (non-hydrogen) atoms. The summed E-state index contributed by atoms with van der Waals surface area (Å²) < 4.78 is 14.9. The van der Waals surface area contributed by atoms with Crippen LogP contribution in [0.1, 0.15) is 0 Å². The molecule has 0 bridgehead atoms. The number of hydrogen-bond donors (Lipinski definition) is 0. The molecular formula is C52H27BN2OS2. The van der Waals surface area contributed by atoms with Gasteiger partial charge in [-0.2, -0.15) is 0 Å². The van der Waals surface area contributed by atoms with Gasteiger partial charge in [0.25, 0.3) is 0 Å². The Hall–Kier alpha value is -6.86. The summed E-state index contributed by atoms with van der Waals surface area (Å²) in [5, 5.41) is 12.6. The fourth-order valence-electron chi connectivity index (χ4n) is 10.7. The van der Waals surface area contributed by atoms with Crippen molar-refractivity contribution >= 4 is 152 Å². The molecule has 266 valence electrons. The molecule has 0 radical (unpaired) electrons. The highest BCUT2D eigenvalue weighted by Gasteiger charge is 2.44. The number of benzene rings is 9. The van der Waals surface area contributed by atoms with Crippen LogP contribution in [-0.2, 0) is 0 Å². The van der Waals surface area contributed by atoms with Crippen LogP contribution in [-0.4, -0.2) is 11.3 Å². The van der Waals surface area contributed by atoms with Gasteiger partial charge < -0.3 is 13.8 Å². The number of aromatic nitrogens is 1. The number of hydrogen-bond acceptors (Lipinski definition) is 4. The second-order valence-electron chi connectivity index (χ2n) is 16.0. The molecule has 0 unspecified atom stereocenters. The second kappa shape index (κ2) is 10.5. The van der Waals surface area contributed by atoms with E-state index < -0.39 is 0 Å². The molecule has 0 saturated carbocycles. The Bertz CT molecular complexity index is 4020. The SMILES string of the molecule is c1ccc2cc3c(cc2c1)c1cccc2c1n3B1c3cc4sc5ccccc5c4cc3N(c3ccc4sc5ccccc5c4c3)c3cc4c(oc5ccccc54)c-2c31. The number of anilines is 3. The lowest BCUT2D eigenvalue weighted by Crippen LogP contribution is -2.56. The molecule has 15 rings (SSSR count). The first-order valence-electron chi connectivity index (χ1n) is 19.9. The first-order valence-corrected chi connectivity index (χ1v) is 21.5. The fourth-order valence-corrected chi connectivity index (χ4v) is 12.9. The molecule has 0 aliphatic carbocycles. The number of rotatable bonds is 1. The van der Waals surface area contributed by atoms with Crippen molar-refractivity contribution in [2.75, 3.05) is 4.90 Å². The Kier molecular flexibility index (Phi) is 5.51. The van der Waals surface area contributed by atoms with Crippen molar-refractivity contribution in [2.24, 2.45) is 0 Å². The van der Waals surface area contributed by atoms with Crippen LogP contribution < -0.4 is 15.8 Å². The van der Waals surface area contributed by atoms with Gasteiger partial charge in [-0.25, -0.2) is 0 Å². The third-order valence-corrected chi connectivity index (χ3v) is 15.4. The van der Waals surface area contributed by atoms with Crippen LogP contribution in [0.25, 0.3) is 106 Å². The largest absolute Gasteiger partial charge is 0.455 e. The normalized spacial score (nSPS) is 13.4. The number of thiophene rings is 2. The van der Waals surface area contributed by atoms with Gasteiger partial charge in [-0.3, -0.25) is 0 Å². The molecule has 3 nitrogen and oxygen atoms in total. The highest BCUT2D eigenvalue weighted by atomic mass is 32.1. The van der Waals surface area contributed by atoms with Crippen molar-refractivity contribution in [3.63, 3.8) is 0 Å². The standard InChI is InChI=1S/C52H27BN2OS2/c1-2-11-29-23-41-36(22-28(29)10-1)34-15-9-16-35-49-50-43(26-39-31-12-3-6-17-44(31)56-52(39)49)54(30-20-21-47-37(24-30)32-13-4-7-18-45(32)57-47)42-25-38-33-14-5-8-19-46(33)58-48(38)27-40(42)53(50)55(41)51(34)35/h1-27H. The Labute approximate surface area is 339 Å². The summed E-state index contributed by atoms with van der Waals surface area (Å²) in [6.07, 6.45) is 0. The maximum absolute atomic E-state index is 7.02. The minimum atomic E-state index is -0.0924. The predicted octanol–water partition coefficient (Wildman–Crippen LogP) is 14.0. The van der Waals surface area contributed by atoms with Crippen LogP contribution >= 0.6 is 22.7 Å². The molecule has 0 spiro atoms. The molecule has 0 atom stereocenters. The summed E-state index contributed by atoms with van der Waals surface area (Å²) in [6, 6.07) is 61.4. The molecule has 6 heteroatoms. The van der Waals surface area contributed by atoms with Crippen LogP contribution in [0.5, 0.6) is 0 Å². The summed E-state index contributed by atoms with van der Waals surface area (Å²) in [4.78, 5) is 2.58. The van der Waals surface area contributed by atoms with Crippen molar-refractivity contribution in [1.82, 2.24) is 4.48 Å². The van der Waals surface area contributed by atoms with E-state index in [1.54, 1.807) is 0 Å². The molecule has 6 heterocycles. The minimum absolute atomic E-state index is 0.0924. The van der Waals surface area contributed by atoms with E-state index in [9.17, 15) is 0 Å². The van der Waals surface area contributed by atoms with Crippen molar-refractivity contribution in [3.05, 3.63) is 164 Å². The summed E-state index contributed by atoms with van der Waals surface area (Å²) in [5.74, 6) is 0. The smallest absolute Gasteiger partial charge is 0.333 e. The quantitative estimate of drug-likeness (QED) is 0.155. The summed E-state index contributed by atoms with van der Waals surface area (Å²) in [5.41, 5.74) is 13.0. The maximum atomic E-state index is 7.02. The van der Waals surface area contributed by atoms with E-state index >= 15 is 0 Å². The number of fused-ring (bicyclic) bond motifs is 18. The van der Waals surface area contributed by atoms with Crippen LogP contribution in [0.3, 0.4) is 0 Å². The summed E-state index contributed by atoms with van der Waals surface area (Å²) in [7, 11) is 0. The molecule has 13 aromatic rings. The zero-order chi connectivity index (χ0) is 37.4. The molecule has 0 saturated heterocycles. The molecule has 9 aromatic carbocycles. The average molecular weight is 771 g/mol. The molecule has 2 aliphatic heterocycles. The third kappa shape index (κ3) is 3.67. The van der Waals surface area contributed by atoms with E-state index in [1.165, 1.54) is 106 Å². The van der Waals surface area contributed by atoms with Crippen LogP contribution in [0.15, 0.2) is 168 Å². The second-order valence-corrected chi connectivity index (χ2v) is 18.1. The van der Waals surface area contributed by atoms with E-state index in [0.29, 0.717) is 0 Å². The predicted molar refractivity (Wildman–Crippen MR) is 251 cm³/mol. The molecule has 4 aromatic heterocycles. The highest BCUT2D eigenvalue weighted by Crippen LogP contribution is 2.51. The monoisotopic (exact) mass is 770 g/mol. The van der Waals surface area contributed by atoms with Crippen molar-refractivity contribution < 1.29 is 4.42 Å². The van der Waals surface area contributed by atoms with E-state index in [-0.39, 0.29) is 6.85 Å². The Morgan fingerprint density at radius 3 is 1.98 bits per heavy atom. The molecule has 0 fully saturated rings. The zero-order valence-corrected chi connectivity index (χ0v) is 32.4. The first-order chi connectivity index (χ1) is 28.7. The lowest BCUT2D eigenvalue weighted by Gasteiger charge is -2.40. The van der Waals surface area contributed by atoms with E-state index in [2.05, 4.69) is 173 Å². The molecule has 2 aliphatic rings. The van der Waals surface area contributed by atoms with Crippen LogP contribution in [0.2, 0.25) is 0 Å². The maximum Gasteiger partial charge on any atom is 0.333 e. The number of para-hydroxylation sites is 2. The van der Waals surface area contributed by atoms with E-state index in [0.717, 1.165) is 27.6 Å². The topological polar surface area (TPSA) is 21.3 Å². The number of nitrogens with zero attached hydrogens (tertiary/aromatic N) is 2. The minimum Gasteiger partial charge on any atom is -0.455 e. The average Bonchev–Trinajstić information content (AvgIpc) is 4.02. The van der Waals surface area contributed by atoms with Crippen LogP contribution in [0.4, 0.5) is 17.1 Å². The van der Waals surface area contributed by atoms with Gasteiger partial charge in [-0.1, -0.05) is 97.1 Å². The van der Waals surface area contributed by atoms with Gasteiger partial charge in [0.2, 0.25) is 0 Å². The van der Waals surface area contributed by atoms with Gasteiger partial charge in [0, 0.05) is 101 Å². The summed E-state index contributed by atoms with van der Waals surface area (Å²) in [6.45, 7) is -0.0924. The van der Waals surface area contributed by atoms with Crippen LogP contribution in [0, 0.1) is 0 Å². The zero-order valence-electron chi connectivity index (χ0n) is 30.8. The van der Waals surface area contributed by atoms with Crippen molar-refractivity contribution in [3.8, 4) is 11.1 Å². The van der Waals surface area contributed by atoms with Gasteiger partial charge in [0.15, 0.2) is 0 Å². The highest BCUT2D eigenvalue weighted by molar-refractivity contribution is 7.26. The summed E-state index contributed by atoms with van der Waals surface area (Å²) >= 11 is 3.77. The number of furan rings is 1. The van der Waals surface area contributed by atoms with Gasteiger partial charge in [-0.05, 0) is 88.4 Å². The lowest BCUT2D eigenvalue weighted by molar-refractivity contribution is 0.670. The van der Waals surface area contributed by atoms with Gasteiger partial charge >= 0.3 is 6.85 Å². The van der Waals surface area contributed by atoms with Gasteiger partial charge in [0.1, 0.15) is 11.2 Å². The fraction of sp³-hybridized carbons (Fsp3) is 0. The Morgan fingerprint density at radius 1 is 0.466 bits per heavy atom. The molecule has 0 N–H and O–H groups in total. The van der Waals surface area contributed by atoms with E-state index in [4.69, 9.17) is 4.42 Å². The third-order valence-electron chi connectivity index (χ3n) is 13.1. The first kappa shape index (κ1) is 30.3. The molecule has 0 amide bonds. The van der Waals surface area contributed by atoms with Gasteiger partial charge in [-0.15, -0.1) is 22.7 Å². The van der Waals surface area contributed by atoms with Crippen molar-refractivity contribution in [1.29, 1.82) is 0 Å². The van der Waals surface area contributed by atoms with Crippen molar-refractivity contribution in [2.45, 2.75) is 0 Å². The van der Waals surface area contributed by atoms with E-state index in [1.807, 2.05) is 22.7 Å².